The lowest BCUT2D eigenvalue weighted by Crippen LogP contribution is -2.36. The summed E-state index contributed by atoms with van der Waals surface area (Å²) in [7, 11) is 0. The Bertz CT molecular complexity index is 167. The molecule has 1 fully saturated rings. The van der Waals surface area contributed by atoms with Gasteiger partial charge in [-0.05, 0) is 58.0 Å². The average molecular weight is 215 g/mol. The molecular weight excluding hydrogens is 194 g/mol. The van der Waals surface area contributed by atoms with Crippen LogP contribution in [0.25, 0.3) is 0 Å². The fraction of sp³-hybridized carbons (Fsp3) is 0.900. The van der Waals surface area contributed by atoms with E-state index >= 15 is 0 Å². The maximum Gasteiger partial charge on any atom is 0.166 e. The largest absolute Gasteiger partial charge is 0.363 e. The van der Waals surface area contributed by atoms with E-state index in [0.717, 1.165) is 18.2 Å². The molecule has 0 radical (unpaired) electrons. The molecule has 14 heavy (non-hydrogen) atoms. The summed E-state index contributed by atoms with van der Waals surface area (Å²) < 4.78 is 0. The number of rotatable bonds is 5. The van der Waals surface area contributed by atoms with Crippen LogP contribution in [0.2, 0.25) is 0 Å². The first kappa shape index (κ1) is 11.7. The zero-order chi connectivity index (χ0) is 10.2. The summed E-state index contributed by atoms with van der Waals surface area (Å²) in [6, 6.07) is 0. The van der Waals surface area contributed by atoms with Gasteiger partial charge in [-0.1, -0.05) is 0 Å². The highest BCUT2D eigenvalue weighted by Gasteiger charge is 2.09. The minimum atomic E-state index is 0.786. The molecule has 1 aliphatic rings. The Labute approximate surface area is 92.2 Å². The molecule has 0 aromatic carbocycles. The van der Waals surface area contributed by atoms with E-state index in [-0.39, 0.29) is 0 Å². The highest BCUT2D eigenvalue weighted by atomic mass is 32.1. The van der Waals surface area contributed by atoms with Gasteiger partial charge >= 0.3 is 0 Å². The zero-order valence-electron chi connectivity index (χ0n) is 9.01. The molecule has 0 unspecified atom stereocenters. The fourth-order valence-corrected chi connectivity index (χ4v) is 1.98. The van der Waals surface area contributed by atoms with Crippen LogP contribution in [0, 0.1) is 0 Å². The number of hydrogen-bond acceptors (Lipinski definition) is 2. The van der Waals surface area contributed by atoms with Crippen LogP contribution in [-0.2, 0) is 0 Å². The second-order valence-electron chi connectivity index (χ2n) is 3.69. The van der Waals surface area contributed by atoms with Crippen LogP contribution in [0.1, 0.15) is 26.2 Å². The molecule has 1 rings (SSSR count). The minimum absolute atomic E-state index is 0.786. The Balaban J connectivity index is 1.90. The van der Waals surface area contributed by atoms with Gasteiger partial charge in [0.1, 0.15) is 0 Å². The second-order valence-corrected chi connectivity index (χ2v) is 4.10. The number of nitrogens with zero attached hydrogens (tertiary/aromatic N) is 1. The van der Waals surface area contributed by atoms with Gasteiger partial charge in [0.15, 0.2) is 5.11 Å². The fourth-order valence-electron chi connectivity index (χ4n) is 1.73. The van der Waals surface area contributed by atoms with E-state index in [0.29, 0.717) is 0 Å². The van der Waals surface area contributed by atoms with Gasteiger partial charge in [-0.25, -0.2) is 0 Å². The molecule has 0 atom stereocenters. The number of hydrogen-bond donors (Lipinski definition) is 2. The van der Waals surface area contributed by atoms with Gasteiger partial charge in [-0.2, -0.15) is 0 Å². The van der Waals surface area contributed by atoms with Crippen LogP contribution in [0.4, 0.5) is 0 Å². The summed E-state index contributed by atoms with van der Waals surface area (Å²) in [5.41, 5.74) is 0. The molecule has 0 aromatic heterocycles. The average Bonchev–Trinajstić information content (AvgIpc) is 2.65. The molecule has 0 amide bonds. The van der Waals surface area contributed by atoms with E-state index in [9.17, 15) is 0 Å². The minimum Gasteiger partial charge on any atom is -0.363 e. The highest BCUT2D eigenvalue weighted by Crippen LogP contribution is 2.06. The van der Waals surface area contributed by atoms with Gasteiger partial charge in [-0.3, -0.25) is 0 Å². The molecule has 1 saturated heterocycles. The molecule has 0 bridgehead atoms. The maximum atomic E-state index is 5.07. The molecule has 1 aliphatic heterocycles. The van der Waals surface area contributed by atoms with Gasteiger partial charge in [0.25, 0.3) is 0 Å². The third-order valence-corrected chi connectivity index (χ3v) is 2.76. The third-order valence-electron chi connectivity index (χ3n) is 2.47. The van der Waals surface area contributed by atoms with Crippen LogP contribution >= 0.6 is 12.2 Å². The first-order chi connectivity index (χ1) is 6.83. The van der Waals surface area contributed by atoms with Crippen LogP contribution < -0.4 is 10.6 Å². The van der Waals surface area contributed by atoms with Crippen molar-refractivity contribution in [3.63, 3.8) is 0 Å². The van der Waals surface area contributed by atoms with E-state index < -0.39 is 0 Å². The van der Waals surface area contributed by atoms with Crippen molar-refractivity contribution in [1.82, 2.24) is 15.5 Å². The third kappa shape index (κ3) is 4.77. The number of thiocarbonyl (C=S) groups is 1. The second kappa shape index (κ2) is 7.01. The zero-order valence-corrected chi connectivity index (χ0v) is 9.83. The summed E-state index contributed by atoms with van der Waals surface area (Å²) in [4.78, 5) is 2.53. The van der Waals surface area contributed by atoms with Crippen molar-refractivity contribution in [2.75, 3.05) is 32.7 Å². The van der Waals surface area contributed by atoms with Gasteiger partial charge in [0, 0.05) is 13.1 Å². The summed E-state index contributed by atoms with van der Waals surface area (Å²) in [6.45, 7) is 7.73. The van der Waals surface area contributed by atoms with Gasteiger partial charge in [-0.15, -0.1) is 0 Å². The van der Waals surface area contributed by atoms with Crippen molar-refractivity contribution in [2.45, 2.75) is 26.2 Å². The van der Waals surface area contributed by atoms with Crippen LogP contribution in [0.5, 0.6) is 0 Å². The molecular formula is C10H21N3S. The Morgan fingerprint density at radius 3 is 2.64 bits per heavy atom. The standard InChI is InChI=1S/C10H21N3S/c1-2-11-10(14)12-6-5-9-13-7-3-4-8-13/h2-9H2,1H3,(H2,11,12,14). The smallest absolute Gasteiger partial charge is 0.166 e. The van der Waals surface area contributed by atoms with Crippen molar-refractivity contribution in [3.05, 3.63) is 0 Å². The lowest BCUT2D eigenvalue weighted by Gasteiger charge is -2.15. The predicted octanol–water partition coefficient (Wildman–Crippen LogP) is 0.956. The lowest BCUT2D eigenvalue weighted by molar-refractivity contribution is 0.334. The normalized spacial score (nSPS) is 16.9. The van der Waals surface area contributed by atoms with Gasteiger partial charge in [0.05, 0.1) is 0 Å². The van der Waals surface area contributed by atoms with Crippen LogP contribution in [-0.4, -0.2) is 42.7 Å². The summed E-state index contributed by atoms with van der Waals surface area (Å²) in [5, 5.41) is 7.07. The number of nitrogens with one attached hydrogen (secondary N) is 2. The topological polar surface area (TPSA) is 27.3 Å². The Morgan fingerprint density at radius 1 is 1.29 bits per heavy atom. The molecule has 0 saturated carbocycles. The number of likely N-dealkylation sites (tertiary alicyclic amines) is 1. The first-order valence-electron chi connectivity index (χ1n) is 5.57. The van der Waals surface area contributed by atoms with Crippen molar-refractivity contribution < 1.29 is 0 Å². The lowest BCUT2D eigenvalue weighted by atomic mass is 10.4. The summed E-state index contributed by atoms with van der Waals surface area (Å²) in [6.07, 6.45) is 3.94. The monoisotopic (exact) mass is 215 g/mol. The van der Waals surface area contributed by atoms with E-state index in [1.54, 1.807) is 0 Å². The molecule has 4 heteroatoms. The molecule has 0 spiro atoms. The van der Waals surface area contributed by atoms with Crippen molar-refractivity contribution in [1.29, 1.82) is 0 Å². The van der Waals surface area contributed by atoms with Crippen molar-refractivity contribution in [2.24, 2.45) is 0 Å². The molecule has 0 aliphatic carbocycles. The SMILES string of the molecule is CCNC(=S)NCCCN1CCCC1. The highest BCUT2D eigenvalue weighted by molar-refractivity contribution is 7.80. The van der Waals surface area contributed by atoms with E-state index in [1.807, 2.05) is 0 Å². The molecule has 3 nitrogen and oxygen atoms in total. The van der Waals surface area contributed by atoms with Gasteiger partial charge < -0.3 is 15.5 Å². The van der Waals surface area contributed by atoms with E-state index in [1.165, 1.54) is 38.9 Å². The molecule has 82 valence electrons. The van der Waals surface area contributed by atoms with Crippen LogP contribution in [0.15, 0.2) is 0 Å². The molecule has 1 heterocycles. The quantitative estimate of drug-likeness (QED) is 0.527. The van der Waals surface area contributed by atoms with Gasteiger partial charge in [0.2, 0.25) is 0 Å². The van der Waals surface area contributed by atoms with Crippen LogP contribution in [0.3, 0.4) is 0 Å². The Hall–Kier alpha value is -0.350. The predicted molar refractivity (Wildman–Crippen MR) is 64.6 cm³/mol. The summed E-state index contributed by atoms with van der Waals surface area (Å²) in [5.74, 6) is 0. The maximum absolute atomic E-state index is 5.07. The first-order valence-corrected chi connectivity index (χ1v) is 5.98. The molecule has 2 N–H and O–H groups in total. The summed E-state index contributed by atoms with van der Waals surface area (Å²) >= 11 is 5.07. The Kier molecular flexibility index (Phi) is 5.87. The molecule has 0 aromatic rings. The Morgan fingerprint density at radius 2 is 2.00 bits per heavy atom. The van der Waals surface area contributed by atoms with E-state index in [4.69, 9.17) is 12.2 Å². The van der Waals surface area contributed by atoms with E-state index in [2.05, 4.69) is 22.5 Å². The van der Waals surface area contributed by atoms with Crippen molar-refractivity contribution in [3.8, 4) is 0 Å². The van der Waals surface area contributed by atoms with Crippen molar-refractivity contribution >= 4 is 17.3 Å².